The van der Waals surface area contributed by atoms with Crippen molar-refractivity contribution in [2.45, 2.75) is 45.1 Å². The van der Waals surface area contributed by atoms with Crippen LogP contribution in [0.5, 0.6) is 5.75 Å². The van der Waals surface area contributed by atoms with E-state index in [1.807, 2.05) is 0 Å². The fourth-order valence-electron chi connectivity index (χ4n) is 4.28. The molecule has 0 amide bonds. The molecule has 1 N–H and O–H groups in total. The summed E-state index contributed by atoms with van der Waals surface area (Å²) in [5.74, 6) is -0.400. The van der Waals surface area contributed by atoms with Gasteiger partial charge in [0.2, 0.25) is 5.43 Å². The molecule has 0 aliphatic heterocycles. The van der Waals surface area contributed by atoms with Gasteiger partial charge in [0.1, 0.15) is 11.3 Å². The van der Waals surface area contributed by atoms with E-state index in [1.165, 1.54) is 33.6 Å². The first-order chi connectivity index (χ1) is 14.9. The van der Waals surface area contributed by atoms with Crippen LogP contribution >= 0.6 is 0 Å². The van der Waals surface area contributed by atoms with Gasteiger partial charge in [0.15, 0.2) is 11.4 Å². The van der Waals surface area contributed by atoms with Gasteiger partial charge in [0.05, 0.1) is 36.2 Å². The van der Waals surface area contributed by atoms with E-state index in [-0.39, 0.29) is 33.8 Å². The molecule has 7 nitrogen and oxygen atoms in total. The van der Waals surface area contributed by atoms with Crippen molar-refractivity contribution in [3.05, 3.63) is 45.6 Å². The van der Waals surface area contributed by atoms with E-state index in [1.54, 1.807) is 18.2 Å². The number of nitrogens with one attached hydrogen (secondary N) is 1. The Morgan fingerprint density at radius 1 is 1.06 bits per heavy atom. The first-order valence-electron chi connectivity index (χ1n) is 10.4. The maximum absolute atomic E-state index is 13.4. The number of hydrogen-bond acceptors (Lipinski definition) is 7. The monoisotopic (exact) mass is 423 g/mol. The standard InChI is InChI=1S/C24H25NO6/c1-13(26)17-12-18(24(28)30-3)20-22(27)16-10-9-15(29-2)11-19(16)31-23(20)21(17)25-14-7-5-4-6-8-14/h9-12,14,25H,4-8H2,1-3H3. The van der Waals surface area contributed by atoms with Gasteiger partial charge >= 0.3 is 5.97 Å². The molecule has 2 aromatic carbocycles. The lowest BCUT2D eigenvalue weighted by Crippen LogP contribution is -2.24. The molecule has 31 heavy (non-hydrogen) atoms. The molecule has 0 unspecified atom stereocenters. The van der Waals surface area contributed by atoms with Crippen molar-refractivity contribution >= 4 is 39.4 Å². The van der Waals surface area contributed by atoms with Crippen LogP contribution in [-0.2, 0) is 4.74 Å². The Kier molecular flexibility index (Phi) is 5.67. The number of fused-ring (bicyclic) bond motifs is 2. The van der Waals surface area contributed by atoms with Crippen molar-refractivity contribution in [2.75, 3.05) is 19.5 Å². The van der Waals surface area contributed by atoms with Crippen molar-refractivity contribution in [1.29, 1.82) is 0 Å². The van der Waals surface area contributed by atoms with Gasteiger partial charge in [-0.2, -0.15) is 0 Å². The third-order valence-corrected chi connectivity index (χ3v) is 5.89. The van der Waals surface area contributed by atoms with Gasteiger partial charge < -0.3 is 19.2 Å². The van der Waals surface area contributed by atoms with Gasteiger partial charge in [0.25, 0.3) is 0 Å². The van der Waals surface area contributed by atoms with Gasteiger partial charge in [-0.3, -0.25) is 9.59 Å². The first kappa shape index (κ1) is 20.9. The fraction of sp³-hybridized carbons (Fsp3) is 0.375. The van der Waals surface area contributed by atoms with E-state index >= 15 is 0 Å². The Morgan fingerprint density at radius 2 is 1.81 bits per heavy atom. The summed E-state index contributed by atoms with van der Waals surface area (Å²) >= 11 is 0. The van der Waals surface area contributed by atoms with Crippen molar-refractivity contribution in [3.63, 3.8) is 0 Å². The zero-order valence-corrected chi connectivity index (χ0v) is 17.9. The van der Waals surface area contributed by atoms with E-state index in [9.17, 15) is 14.4 Å². The normalized spacial score (nSPS) is 14.5. The summed E-state index contributed by atoms with van der Waals surface area (Å²) in [5, 5.41) is 3.86. The summed E-state index contributed by atoms with van der Waals surface area (Å²) in [6, 6.07) is 6.49. The minimum absolute atomic E-state index is 0.0170. The molecule has 1 aromatic heterocycles. The summed E-state index contributed by atoms with van der Waals surface area (Å²) in [7, 11) is 2.77. The maximum atomic E-state index is 13.4. The van der Waals surface area contributed by atoms with Crippen molar-refractivity contribution in [3.8, 4) is 5.75 Å². The quantitative estimate of drug-likeness (QED) is 0.361. The molecule has 0 spiro atoms. The number of methoxy groups -OCH3 is 2. The van der Waals surface area contributed by atoms with Crippen molar-refractivity contribution in [2.24, 2.45) is 0 Å². The van der Waals surface area contributed by atoms with E-state index in [0.29, 0.717) is 28.0 Å². The van der Waals surface area contributed by atoms with Crippen LogP contribution in [0.2, 0.25) is 0 Å². The number of carbonyl (C=O) groups is 2. The second-order valence-corrected chi connectivity index (χ2v) is 7.87. The van der Waals surface area contributed by atoms with E-state index in [4.69, 9.17) is 13.9 Å². The van der Waals surface area contributed by atoms with Crippen LogP contribution in [0.25, 0.3) is 21.9 Å². The zero-order valence-electron chi connectivity index (χ0n) is 17.9. The summed E-state index contributed by atoms with van der Waals surface area (Å²) in [6.45, 7) is 1.43. The van der Waals surface area contributed by atoms with Crippen molar-refractivity contribution < 1.29 is 23.5 Å². The van der Waals surface area contributed by atoms with Crippen LogP contribution < -0.4 is 15.5 Å². The number of anilines is 1. The second-order valence-electron chi connectivity index (χ2n) is 7.87. The molecule has 4 rings (SSSR count). The number of esters is 1. The molecule has 0 radical (unpaired) electrons. The number of ether oxygens (including phenoxy) is 2. The lowest BCUT2D eigenvalue weighted by atomic mass is 9.93. The third kappa shape index (κ3) is 3.76. The van der Waals surface area contributed by atoms with Crippen LogP contribution in [0.15, 0.2) is 33.5 Å². The van der Waals surface area contributed by atoms with Crippen molar-refractivity contribution in [1.82, 2.24) is 0 Å². The van der Waals surface area contributed by atoms with E-state index < -0.39 is 5.97 Å². The van der Waals surface area contributed by atoms with E-state index in [2.05, 4.69) is 5.32 Å². The van der Waals surface area contributed by atoms with Crippen LogP contribution in [0.3, 0.4) is 0 Å². The Balaban J connectivity index is 2.09. The Labute approximate surface area is 179 Å². The highest BCUT2D eigenvalue weighted by Crippen LogP contribution is 2.35. The molecule has 162 valence electrons. The smallest absolute Gasteiger partial charge is 0.338 e. The molecule has 0 bridgehead atoms. The number of benzene rings is 2. The number of rotatable bonds is 5. The molecule has 1 saturated carbocycles. The minimum Gasteiger partial charge on any atom is -0.497 e. The third-order valence-electron chi connectivity index (χ3n) is 5.89. The predicted molar refractivity (Wildman–Crippen MR) is 118 cm³/mol. The summed E-state index contributed by atoms with van der Waals surface area (Å²) < 4.78 is 16.3. The summed E-state index contributed by atoms with van der Waals surface area (Å²) in [6.07, 6.45) is 5.29. The van der Waals surface area contributed by atoms with Gasteiger partial charge in [-0.15, -0.1) is 0 Å². The molecule has 1 fully saturated rings. The van der Waals surface area contributed by atoms with E-state index in [0.717, 1.165) is 25.7 Å². The Hall–Kier alpha value is -3.35. The fourth-order valence-corrected chi connectivity index (χ4v) is 4.28. The first-order valence-corrected chi connectivity index (χ1v) is 10.4. The molecular formula is C24H25NO6. The summed E-state index contributed by atoms with van der Waals surface area (Å²) in [4.78, 5) is 38.5. The Morgan fingerprint density at radius 3 is 2.45 bits per heavy atom. The summed E-state index contributed by atoms with van der Waals surface area (Å²) in [5.41, 5.74) is 0.904. The van der Waals surface area contributed by atoms with Crippen LogP contribution in [-0.4, -0.2) is 32.0 Å². The number of hydrogen-bond donors (Lipinski definition) is 1. The molecule has 1 aliphatic rings. The highest BCUT2D eigenvalue weighted by molar-refractivity contribution is 6.15. The largest absolute Gasteiger partial charge is 0.497 e. The molecule has 1 heterocycles. The maximum Gasteiger partial charge on any atom is 0.338 e. The number of Topliss-reactive ketones (excluding diaryl/α,β-unsaturated/α-hetero) is 1. The molecule has 7 heteroatoms. The highest BCUT2D eigenvalue weighted by Gasteiger charge is 2.26. The van der Waals surface area contributed by atoms with Crippen LogP contribution in [0.1, 0.15) is 59.7 Å². The predicted octanol–water partition coefficient (Wildman–Crippen LogP) is 4.69. The highest BCUT2D eigenvalue weighted by atomic mass is 16.5. The topological polar surface area (TPSA) is 94.8 Å². The zero-order chi connectivity index (χ0) is 22.1. The lowest BCUT2D eigenvalue weighted by Gasteiger charge is -2.25. The second kappa shape index (κ2) is 8.41. The average molecular weight is 423 g/mol. The minimum atomic E-state index is -0.697. The van der Waals surface area contributed by atoms with Gasteiger partial charge in [-0.1, -0.05) is 19.3 Å². The molecule has 1 aliphatic carbocycles. The Bertz CT molecular complexity index is 1240. The van der Waals surface area contributed by atoms with Gasteiger partial charge in [-0.25, -0.2) is 4.79 Å². The molecular weight excluding hydrogens is 398 g/mol. The van der Waals surface area contributed by atoms with Gasteiger partial charge in [-0.05, 0) is 38.0 Å². The van der Waals surface area contributed by atoms with Crippen LogP contribution in [0.4, 0.5) is 5.69 Å². The number of carbonyl (C=O) groups excluding carboxylic acids is 2. The van der Waals surface area contributed by atoms with Crippen LogP contribution in [0, 0.1) is 0 Å². The molecule has 0 saturated heterocycles. The molecule has 3 aromatic rings. The SMILES string of the molecule is COC(=O)c1cc(C(C)=O)c(NC2CCCCC2)c2oc3cc(OC)ccc3c(=O)c12. The average Bonchev–Trinajstić information content (AvgIpc) is 2.79. The lowest BCUT2D eigenvalue weighted by molar-refractivity contribution is 0.0603. The van der Waals surface area contributed by atoms with Gasteiger partial charge in [0, 0.05) is 17.7 Å². The molecule has 0 atom stereocenters. The number of ketones is 1.